The number of halogens is 1. The molecule has 0 radical (unpaired) electrons. The second-order valence-corrected chi connectivity index (χ2v) is 10.8. The number of piperidine rings is 2. The molecule has 38 heavy (non-hydrogen) atoms. The minimum absolute atomic E-state index is 0.0404. The molecule has 1 spiro atoms. The van der Waals surface area contributed by atoms with Gasteiger partial charge in [0.25, 0.3) is 11.8 Å². The molecule has 0 aliphatic carbocycles. The second-order valence-electron chi connectivity index (χ2n) is 10.8. The lowest BCUT2D eigenvalue weighted by Gasteiger charge is -2.43. The molecular weight excluding hydrogens is 485 g/mol. The van der Waals surface area contributed by atoms with E-state index in [1.807, 2.05) is 42.3 Å². The fourth-order valence-electron chi connectivity index (χ4n) is 6.07. The molecule has 3 fully saturated rings. The molecule has 0 atom stereocenters. The van der Waals surface area contributed by atoms with Gasteiger partial charge in [0.1, 0.15) is 17.9 Å². The summed E-state index contributed by atoms with van der Waals surface area (Å²) < 4.78 is 13.7. The summed E-state index contributed by atoms with van der Waals surface area (Å²) in [6.45, 7) is 3.04. The number of hydrogen-bond acceptors (Lipinski definition) is 5. The monoisotopic (exact) mass is 521 g/mol. The molecule has 8 nitrogen and oxygen atoms in total. The van der Waals surface area contributed by atoms with Crippen LogP contribution in [0.3, 0.4) is 0 Å². The van der Waals surface area contributed by atoms with Crippen molar-refractivity contribution < 1.29 is 18.8 Å². The largest absolute Gasteiger partial charge is 0.341 e. The van der Waals surface area contributed by atoms with Crippen molar-refractivity contribution in [2.24, 2.45) is 0 Å². The number of carbonyl (C=O) groups excluding carboxylic acids is 3. The molecule has 202 valence electrons. The molecule has 0 aromatic heterocycles. The Morgan fingerprint density at radius 1 is 1.00 bits per heavy atom. The Bertz CT molecular complexity index is 1180. The molecule has 5 rings (SSSR count). The van der Waals surface area contributed by atoms with Crippen molar-refractivity contribution in [1.82, 2.24) is 19.6 Å². The minimum Gasteiger partial charge on any atom is -0.341 e. The highest BCUT2D eigenvalue weighted by Gasteiger charge is 2.54. The van der Waals surface area contributed by atoms with Crippen LogP contribution in [-0.4, -0.2) is 102 Å². The van der Waals surface area contributed by atoms with Gasteiger partial charge in [-0.05, 0) is 76.2 Å². The predicted octanol–water partition coefficient (Wildman–Crippen LogP) is 2.66. The Balaban J connectivity index is 1.32. The summed E-state index contributed by atoms with van der Waals surface area (Å²) in [7, 11) is 3.94. The number of para-hydroxylation sites is 1. The van der Waals surface area contributed by atoms with Crippen LogP contribution < -0.4 is 4.90 Å². The normalized spacial score (nSPS) is 20.3. The van der Waals surface area contributed by atoms with E-state index in [0.717, 1.165) is 31.6 Å². The quantitative estimate of drug-likeness (QED) is 0.605. The van der Waals surface area contributed by atoms with E-state index in [1.54, 1.807) is 15.9 Å². The zero-order valence-electron chi connectivity index (χ0n) is 22.2. The number of anilines is 1. The number of likely N-dealkylation sites (tertiary alicyclic amines) is 2. The number of amides is 3. The van der Waals surface area contributed by atoms with Crippen molar-refractivity contribution >= 4 is 23.4 Å². The van der Waals surface area contributed by atoms with Crippen molar-refractivity contribution in [2.75, 3.05) is 58.4 Å². The van der Waals surface area contributed by atoms with Crippen molar-refractivity contribution in [3.05, 3.63) is 66.0 Å². The van der Waals surface area contributed by atoms with Crippen LogP contribution in [0.4, 0.5) is 10.1 Å². The molecule has 0 saturated carbocycles. The number of carbonyl (C=O) groups is 3. The lowest BCUT2D eigenvalue weighted by molar-refractivity contribution is -0.141. The highest BCUT2D eigenvalue weighted by atomic mass is 19.1. The fourth-order valence-corrected chi connectivity index (χ4v) is 6.07. The van der Waals surface area contributed by atoms with Crippen LogP contribution >= 0.6 is 0 Å². The Morgan fingerprint density at radius 3 is 2.34 bits per heavy atom. The summed E-state index contributed by atoms with van der Waals surface area (Å²) in [4.78, 5) is 49.9. The van der Waals surface area contributed by atoms with E-state index in [-0.39, 0.29) is 30.3 Å². The molecule has 2 aromatic rings. The van der Waals surface area contributed by atoms with Crippen LogP contribution in [0.5, 0.6) is 0 Å². The lowest BCUT2D eigenvalue weighted by Crippen LogP contribution is -2.57. The Labute approximate surface area is 223 Å². The van der Waals surface area contributed by atoms with Crippen LogP contribution in [0.2, 0.25) is 0 Å². The van der Waals surface area contributed by atoms with Crippen LogP contribution in [0.25, 0.3) is 0 Å². The molecule has 3 amide bonds. The maximum absolute atomic E-state index is 14.0. The Hall–Kier alpha value is -3.46. The van der Waals surface area contributed by atoms with Gasteiger partial charge in [0.05, 0.1) is 6.67 Å². The maximum atomic E-state index is 14.0. The average Bonchev–Trinajstić information content (AvgIpc) is 3.19. The van der Waals surface area contributed by atoms with Crippen molar-refractivity contribution in [1.29, 1.82) is 0 Å². The van der Waals surface area contributed by atoms with Gasteiger partial charge in [-0.2, -0.15) is 0 Å². The first-order valence-corrected chi connectivity index (χ1v) is 13.4. The standard InChI is InChI=1S/C29H36FN5O3/c1-31-15-11-24(12-16-31)32(2)26(36)20-34-21-35(25-9-4-3-5-10-25)29(28(34)38)13-17-33(18-14-29)27(37)22-7-6-8-23(30)19-22/h3-10,19,24H,11-18,20-21H2,1-2H3. The maximum Gasteiger partial charge on any atom is 0.253 e. The molecule has 0 N–H and O–H groups in total. The molecule has 0 unspecified atom stereocenters. The van der Waals surface area contributed by atoms with Crippen molar-refractivity contribution in [2.45, 2.75) is 37.3 Å². The molecule has 3 aliphatic heterocycles. The van der Waals surface area contributed by atoms with Crippen molar-refractivity contribution in [3.63, 3.8) is 0 Å². The van der Waals surface area contributed by atoms with Gasteiger partial charge in [0.15, 0.2) is 0 Å². The molecule has 9 heteroatoms. The highest BCUT2D eigenvalue weighted by Crippen LogP contribution is 2.39. The summed E-state index contributed by atoms with van der Waals surface area (Å²) >= 11 is 0. The minimum atomic E-state index is -0.827. The van der Waals surface area contributed by atoms with E-state index < -0.39 is 11.4 Å². The van der Waals surface area contributed by atoms with Crippen molar-refractivity contribution in [3.8, 4) is 0 Å². The fraction of sp³-hybridized carbons (Fsp3) is 0.483. The summed E-state index contributed by atoms with van der Waals surface area (Å²) in [6.07, 6.45) is 2.75. The van der Waals surface area contributed by atoms with Gasteiger partial charge < -0.3 is 24.5 Å². The first-order chi connectivity index (χ1) is 18.3. The van der Waals surface area contributed by atoms with E-state index in [4.69, 9.17) is 0 Å². The van der Waals surface area contributed by atoms with E-state index in [9.17, 15) is 18.8 Å². The van der Waals surface area contributed by atoms with Gasteiger partial charge in [0.2, 0.25) is 5.91 Å². The average molecular weight is 522 g/mol. The smallest absolute Gasteiger partial charge is 0.253 e. The van der Waals surface area contributed by atoms with Gasteiger partial charge in [-0.3, -0.25) is 14.4 Å². The summed E-state index contributed by atoms with van der Waals surface area (Å²) in [5.74, 6) is -0.792. The van der Waals surface area contributed by atoms with Gasteiger partial charge >= 0.3 is 0 Å². The first-order valence-electron chi connectivity index (χ1n) is 13.4. The molecule has 3 heterocycles. The second kappa shape index (κ2) is 10.7. The van der Waals surface area contributed by atoms with Gasteiger partial charge in [-0.25, -0.2) is 4.39 Å². The van der Waals surface area contributed by atoms with E-state index in [1.165, 1.54) is 18.2 Å². The van der Waals surface area contributed by atoms with Gasteiger partial charge in [0, 0.05) is 37.4 Å². The molecule has 3 aliphatic rings. The van der Waals surface area contributed by atoms with Crippen LogP contribution in [0.1, 0.15) is 36.0 Å². The Morgan fingerprint density at radius 2 is 1.68 bits per heavy atom. The topological polar surface area (TPSA) is 67.4 Å². The highest BCUT2D eigenvalue weighted by molar-refractivity contribution is 5.97. The summed E-state index contributed by atoms with van der Waals surface area (Å²) in [6, 6.07) is 15.7. The van der Waals surface area contributed by atoms with E-state index in [0.29, 0.717) is 38.2 Å². The third-order valence-corrected chi connectivity index (χ3v) is 8.49. The number of nitrogens with zero attached hydrogens (tertiary/aromatic N) is 5. The molecule has 2 aromatic carbocycles. The third-order valence-electron chi connectivity index (χ3n) is 8.49. The summed E-state index contributed by atoms with van der Waals surface area (Å²) in [5.41, 5.74) is 0.402. The number of hydrogen-bond donors (Lipinski definition) is 0. The Kier molecular flexibility index (Phi) is 7.38. The molecular formula is C29H36FN5O3. The first kappa shape index (κ1) is 26.2. The predicted molar refractivity (Wildman–Crippen MR) is 143 cm³/mol. The molecule has 3 saturated heterocycles. The summed E-state index contributed by atoms with van der Waals surface area (Å²) in [5, 5.41) is 0. The molecule has 0 bridgehead atoms. The van der Waals surface area contributed by atoms with Crippen LogP contribution in [0.15, 0.2) is 54.6 Å². The number of benzene rings is 2. The zero-order valence-corrected chi connectivity index (χ0v) is 22.2. The van der Waals surface area contributed by atoms with Crippen LogP contribution in [0, 0.1) is 5.82 Å². The number of likely N-dealkylation sites (N-methyl/N-ethyl adjacent to an activating group) is 1. The SMILES string of the molecule is CN1CCC(N(C)C(=O)CN2CN(c3ccccc3)C3(CCN(C(=O)c4cccc(F)c4)CC3)C2=O)CC1. The third kappa shape index (κ3) is 4.99. The van der Waals surface area contributed by atoms with E-state index >= 15 is 0 Å². The van der Waals surface area contributed by atoms with Gasteiger partial charge in [-0.15, -0.1) is 0 Å². The lowest BCUT2D eigenvalue weighted by atomic mass is 9.85. The zero-order chi connectivity index (χ0) is 26.9. The number of rotatable bonds is 5. The van der Waals surface area contributed by atoms with E-state index in [2.05, 4.69) is 16.8 Å². The van der Waals surface area contributed by atoms with Gasteiger partial charge in [-0.1, -0.05) is 24.3 Å². The van der Waals surface area contributed by atoms with Crippen LogP contribution in [-0.2, 0) is 9.59 Å².